The third kappa shape index (κ3) is 7.99. The summed E-state index contributed by atoms with van der Waals surface area (Å²) in [4.78, 5) is 6.51. The van der Waals surface area contributed by atoms with Gasteiger partial charge in [0.15, 0.2) is 11.5 Å². The number of rotatable bonds is 11. The Morgan fingerprint density at radius 2 is 1.54 bits per heavy atom. The number of nitrogens with zero attached hydrogens (tertiary/aromatic N) is 2. The van der Waals surface area contributed by atoms with Gasteiger partial charge in [0.1, 0.15) is 18.1 Å². The quantitative estimate of drug-likeness (QED) is 0.212. The van der Waals surface area contributed by atoms with E-state index in [1.54, 1.807) is 13.3 Å². The van der Waals surface area contributed by atoms with Gasteiger partial charge in [0.05, 0.1) is 19.2 Å². The molecule has 2 N–H and O–H groups in total. The molecule has 3 aromatic carbocycles. The number of hydrogen-bond donors (Lipinski definition) is 2. The SMILES string of the molecule is COc1cc2c(Oc3ccc(Nc4ccc(C(C)(C)C)cc4)cc3)ccnc2cc1OCCN(C)CCO.Cl. The minimum atomic E-state index is 0. The number of hydrogen-bond acceptors (Lipinski definition) is 7. The third-order valence-corrected chi connectivity index (χ3v) is 6.32. The third-order valence-electron chi connectivity index (χ3n) is 6.32. The Balaban J connectivity index is 0.00000420. The molecule has 0 aliphatic carbocycles. The first-order valence-corrected chi connectivity index (χ1v) is 12.8. The summed E-state index contributed by atoms with van der Waals surface area (Å²) in [6.07, 6.45) is 1.72. The van der Waals surface area contributed by atoms with Gasteiger partial charge in [-0.15, -0.1) is 12.4 Å². The number of likely N-dealkylation sites (N-methyl/N-ethyl adjacent to an activating group) is 1. The van der Waals surface area contributed by atoms with Crippen molar-refractivity contribution in [1.82, 2.24) is 9.88 Å². The van der Waals surface area contributed by atoms with Gasteiger partial charge in [0.25, 0.3) is 0 Å². The lowest BCUT2D eigenvalue weighted by molar-refractivity contribution is 0.190. The molecule has 208 valence electrons. The average molecular weight is 552 g/mol. The van der Waals surface area contributed by atoms with Crippen molar-refractivity contribution in [2.45, 2.75) is 26.2 Å². The lowest BCUT2D eigenvalue weighted by Crippen LogP contribution is -2.27. The molecule has 0 amide bonds. The van der Waals surface area contributed by atoms with Gasteiger partial charge < -0.3 is 29.5 Å². The molecule has 4 aromatic rings. The summed E-state index contributed by atoms with van der Waals surface area (Å²) in [7, 11) is 3.56. The molecule has 0 saturated carbocycles. The zero-order valence-corrected chi connectivity index (χ0v) is 24.0. The highest BCUT2D eigenvalue weighted by Crippen LogP contribution is 2.37. The number of anilines is 2. The Morgan fingerprint density at radius 1 is 0.872 bits per heavy atom. The van der Waals surface area contributed by atoms with Gasteiger partial charge in [-0.25, -0.2) is 0 Å². The summed E-state index contributed by atoms with van der Waals surface area (Å²) in [6.45, 7) is 8.51. The van der Waals surface area contributed by atoms with Crippen molar-refractivity contribution in [1.29, 1.82) is 0 Å². The van der Waals surface area contributed by atoms with Crippen LogP contribution in [-0.2, 0) is 5.41 Å². The second-order valence-electron chi connectivity index (χ2n) is 10.3. The van der Waals surface area contributed by atoms with Gasteiger partial charge in [0, 0.05) is 42.1 Å². The molecule has 0 unspecified atom stereocenters. The van der Waals surface area contributed by atoms with E-state index in [9.17, 15) is 0 Å². The Morgan fingerprint density at radius 3 is 2.15 bits per heavy atom. The molecule has 0 fully saturated rings. The van der Waals surface area contributed by atoms with E-state index in [-0.39, 0.29) is 24.4 Å². The summed E-state index contributed by atoms with van der Waals surface area (Å²) < 4.78 is 17.8. The predicted octanol–water partition coefficient (Wildman–Crippen LogP) is 6.80. The van der Waals surface area contributed by atoms with Crippen LogP contribution in [0.2, 0.25) is 0 Å². The van der Waals surface area contributed by atoms with Crippen molar-refractivity contribution in [2.75, 3.05) is 45.8 Å². The van der Waals surface area contributed by atoms with Crippen LogP contribution in [0.25, 0.3) is 10.9 Å². The van der Waals surface area contributed by atoms with Crippen molar-refractivity contribution < 1.29 is 19.3 Å². The number of halogens is 1. The van der Waals surface area contributed by atoms with E-state index >= 15 is 0 Å². The lowest BCUT2D eigenvalue weighted by atomic mass is 9.87. The number of benzene rings is 3. The van der Waals surface area contributed by atoms with Gasteiger partial charge in [-0.1, -0.05) is 32.9 Å². The molecule has 39 heavy (non-hydrogen) atoms. The maximum Gasteiger partial charge on any atom is 0.163 e. The highest BCUT2D eigenvalue weighted by molar-refractivity contribution is 5.88. The van der Waals surface area contributed by atoms with Gasteiger partial charge in [-0.2, -0.15) is 0 Å². The van der Waals surface area contributed by atoms with Crippen molar-refractivity contribution in [3.63, 3.8) is 0 Å². The topological polar surface area (TPSA) is 76.1 Å². The van der Waals surface area contributed by atoms with Crippen molar-refractivity contribution in [3.8, 4) is 23.0 Å². The molecule has 0 saturated heterocycles. The van der Waals surface area contributed by atoms with Crippen LogP contribution in [0.15, 0.2) is 72.9 Å². The van der Waals surface area contributed by atoms with E-state index in [4.69, 9.17) is 19.3 Å². The van der Waals surface area contributed by atoms with Gasteiger partial charge in [-0.3, -0.25) is 4.98 Å². The lowest BCUT2D eigenvalue weighted by Gasteiger charge is -2.19. The van der Waals surface area contributed by atoms with E-state index in [0.29, 0.717) is 36.9 Å². The fourth-order valence-electron chi connectivity index (χ4n) is 4.04. The minimum absolute atomic E-state index is 0. The first kappa shape index (κ1) is 30.0. The van der Waals surface area contributed by atoms with Crippen LogP contribution in [0.3, 0.4) is 0 Å². The fourth-order valence-corrected chi connectivity index (χ4v) is 4.04. The Labute approximate surface area is 237 Å². The molecule has 0 radical (unpaired) electrons. The standard InChI is InChI=1S/C31H37N3O4.ClH/c1-31(2,3)22-6-8-23(9-7-22)33-24-10-12-25(13-11-24)38-28-14-15-32-27-21-30(29(36-5)20-26(27)28)37-19-17-34(4)16-18-35;/h6-15,20-21,33,35H,16-19H2,1-5H3;1H. The maximum absolute atomic E-state index is 9.06. The molecular weight excluding hydrogens is 514 g/mol. The molecule has 1 aromatic heterocycles. The van der Waals surface area contributed by atoms with Crippen LogP contribution < -0.4 is 19.5 Å². The van der Waals surface area contributed by atoms with Crippen molar-refractivity contribution >= 4 is 34.7 Å². The smallest absolute Gasteiger partial charge is 0.163 e. The zero-order chi connectivity index (χ0) is 27.1. The van der Waals surface area contributed by atoms with Gasteiger partial charge in [0.2, 0.25) is 0 Å². The van der Waals surface area contributed by atoms with E-state index in [1.807, 2.05) is 54.4 Å². The zero-order valence-electron chi connectivity index (χ0n) is 23.2. The second kappa shape index (κ2) is 13.5. The molecule has 0 bridgehead atoms. The van der Waals surface area contributed by atoms with Crippen LogP contribution >= 0.6 is 12.4 Å². The van der Waals surface area contributed by atoms with Crippen molar-refractivity contribution in [3.05, 3.63) is 78.5 Å². The molecular formula is C31H38ClN3O4. The van der Waals surface area contributed by atoms with Gasteiger partial charge in [-0.05, 0) is 66.6 Å². The highest BCUT2D eigenvalue weighted by atomic mass is 35.5. The number of fused-ring (bicyclic) bond motifs is 1. The summed E-state index contributed by atoms with van der Waals surface area (Å²) in [5, 5.41) is 13.3. The van der Waals surface area contributed by atoms with Crippen molar-refractivity contribution in [2.24, 2.45) is 0 Å². The molecule has 8 heteroatoms. The molecule has 0 spiro atoms. The first-order chi connectivity index (χ1) is 18.3. The maximum atomic E-state index is 9.06. The first-order valence-electron chi connectivity index (χ1n) is 12.8. The fraction of sp³-hybridized carbons (Fsp3) is 0.323. The van der Waals surface area contributed by atoms with Crippen LogP contribution in [0.1, 0.15) is 26.3 Å². The molecule has 0 aliphatic rings. The minimum Gasteiger partial charge on any atom is -0.493 e. The van der Waals surface area contributed by atoms with E-state index in [2.05, 4.69) is 55.3 Å². The number of nitrogens with one attached hydrogen (secondary N) is 1. The molecule has 0 atom stereocenters. The number of aliphatic hydroxyl groups excluding tert-OH is 1. The number of pyridine rings is 1. The van der Waals surface area contributed by atoms with E-state index in [1.165, 1.54) is 5.56 Å². The average Bonchev–Trinajstić information content (AvgIpc) is 2.89. The molecule has 1 heterocycles. The molecule has 0 aliphatic heterocycles. The largest absolute Gasteiger partial charge is 0.493 e. The van der Waals surface area contributed by atoms with Crippen LogP contribution in [0.5, 0.6) is 23.0 Å². The van der Waals surface area contributed by atoms with E-state index in [0.717, 1.165) is 28.0 Å². The van der Waals surface area contributed by atoms with Crippen LogP contribution in [0.4, 0.5) is 11.4 Å². The Hall–Kier alpha value is -3.52. The highest BCUT2D eigenvalue weighted by Gasteiger charge is 2.14. The summed E-state index contributed by atoms with van der Waals surface area (Å²) in [5.41, 5.74) is 4.20. The molecule has 4 rings (SSSR count). The molecule has 7 nitrogen and oxygen atoms in total. The Kier molecular flexibility index (Phi) is 10.4. The number of methoxy groups -OCH3 is 1. The van der Waals surface area contributed by atoms with Crippen LogP contribution in [-0.4, -0.2) is 55.5 Å². The number of aromatic nitrogens is 1. The summed E-state index contributed by atoms with van der Waals surface area (Å²) in [5.74, 6) is 2.63. The normalized spacial score (nSPS) is 11.3. The summed E-state index contributed by atoms with van der Waals surface area (Å²) in [6, 6.07) is 22.0. The second-order valence-corrected chi connectivity index (χ2v) is 10.3. The van der Waals surface area contributed by atoms with E-state index < -0.39 is 0 Å². The van der Waals surface area contributed by atoms with Gasteiger partial charge >= 0.3 is 0 Å². The monoisotopic (exact) mass is 551 g/mol. The number of ether oxygens (including phenoxy) is 3. The predicted molar refractivity (Wildman–Crippen MR) is 161 cm³/mol. The summed E-state index contributed by atoms with van der Waals surface area (Å²) >= 11 is 0. The Bertz CT molecular complexity index is 1340. The number of aliphatic hydroxyl groups is 1. The van der Waals surface area contributed by atoms with Crippen LogP contribution in [0, 0.1) is 0 Å².